The van der Waals surface area contributed by atoms with Crippen molar-refractivity contribution in [1.82, 2.24) is 4.98 Å². The van der Waals surface area contributed by atoms with E-state index in [0.717, 1.165) is 9.83 Å². The second-order valence-corrected chi connectivity index (χ2v) is 9.17. The molecule has 1 N–H and O–H groups in total. The first-order chi connectivity index (χ1) is 10.8. The number of nitrogens with one attached hydrogen (secondary N) is 1. The van der Waals surface area contributed by atoms with Crippen molar-refractivity contribution in [2.24, 2.45) is 0 Å². The molecule has 0 atom stereocenters. The Kier molecular flexibility index (Phi) is 4.39. The predicted octanol–water partition coefficient (Wildman–Crippen LogP) is 3.56. The topological polar surface area (TPSA) is 76.1 Å². The SMILES string of the molecule is CS(=O)(=O)c1ccc2nc(NC(=O)c3ccc(I)cc3)sc2c1. The second kappa shape index (κ2) is 6.17. The van der Waals surface area contributed by atoms with Crippen LogP contribution in [-0.4, -0.2) is 25.6 Å². The lowest BCUT2D eigenvalue weighted by Crippen LogP contribution is -2.11. The largest absolute Gasteiger partial charge is 0.298 e. The van der Waals surface area contributed by atoms with Crippen LogP contribution in [0.1, 0.15) is 10.4 Å². The normalized spacial score (nSPS) is 11.6. The molecule has 2 aromatic carbocycles. The van der Waals surface area contributed by atoms with Gasteiger partial charge in [0.2, 0.25) is 0 Å². The number of amides is 1. The summed E-state index contributed by atoms with van der Waals surface area (Å²) in [4.78, 5) is 16.7. The third-order valence-corrected chi connectivity index (χ3v) is 5.88. The van der Waals surface area contributed by atoms with Gasteiger partial charge in [0.05, 0.1) is 15.1 Å². The summed E-state index contributed by atoms with van der Waals surface area (Å²) >= 11 is 3.42. The lowest BCUT2D eigenvalue weighted by molar-refractivity contribution is 0.102. The number of rotatable bonds is 3. The number of carbonyl (C=O) groups excluding carboxylic acids is 1. The van der Waals surface area contributed by atoms with Crippen LogP contribution in [0, 0.1) is 3.57 Å². The highest BCUT2D eigenvalue weighted by molar-refractivity contribution is 14.1. The summed E-state index contributed by atoms with van der Waals surface area (Å²) in [6.07, 6.45) is 1.16. The highest BCUT2D eigenvalue weighted by Crippen LogP contribution is 2.28. The van der Waals surface area contributed by atoms with Crippen LogP contribution in [0.3, 0.4) is 0 Å². The number of fused-ring (bicyclic) bond motifs is 1. The van der Waals surface area contributed by atoms with Crippen LogP contribution in [0.2, 0.25) is 0 Å². The highest BCUT2D eigenvalue weighted by Gasteiger charge is 2.13. The van der Waals surface area contributed by atoms with Gasteiger partial charge in [0.1, 0.15) is 0 Å². The van der Waals surface area contributed by atoms with E-state index in [2.05, 4.69) is 32.9 Å². The van der Waals surface area contributed by atoms with Crippen LogP contribution in [0.25, 0.3) is 10.2 Å². The van der Waals surface area contributed by atoms with E-state index < -0.39 is 9.84 Å². The van der Waals surface area contributed by atoms with E-state index in [1.54, 1.807) is 24.3 Å². The molecule has 1 aromatic heterocycles. The number of thiazole rings is 1. The van der Waals surface area contributed by atoms with Crippen molar-refractivity contribution in [2.45, 2.75) is 4.90 Å². The molecule has 0 aliphatic heterocycles. The van der Waals surface area contributed by atoms with Gasteiger partial charge in [-0.25, -0.2) is 13.4 Å². The fourth-order valence-corrected chi connectivity index (χ4v) is 3.94. The van der Waals surface area contributed by atoms with Crippen molar-refractivity contribution >= 4 is 65.0 Å². The molecule has 3 rings (SSSR count). The van der Waals surface area contributed by atoms with Crippen molar-refractivity contribution in [2.75, 3.05) is 11.6 Å². The summed E-state index contributed by atoms with van der Waals surface area (Å²) in [7, 11) is -3.26. The maximum atomic E-state index is 12.2. The number of nitrogens with zero attached hydrogens (tertiary/aromatic N) is 1. The first kappa shape index (κ1) is 16.3. The Morgan fingerprint density at radius 2 is 1.87 bits per heavy atom. The number of benzene rings is 2. The van der Waals surface area contributed by atoms with Gasteiger partial charge in [-0.1, -0.05) is 11.3 Å². The Bertz CT molecular complexity index is 995. The Labute approximate surface area is 150 Å². The Morgan fingerprint density at radius 3 is 2.52 bits per heavy atom. The molecule has 3 aromatic rings. The fraction of sp³-hybridized carbons (Fsp3) is 0.0667. The van der Waals surface area contributed by atoms with Crippen molar-refractivity contribution in [1.29, 1.82) is 0 Å². The van der Waals surface area contributed by atoms with Crippen molar-refractivity contribution in [3.05, 3.63) is 51.6 Å². The third kappa shape index (κ3) is 3.70. The average molecular weight is 458 g/mol. The van der Waals surface area contributed by atoms with E-state index in [-0.39, 0.29) is 10.8 Å². The Hall–Kier alpha value is -1.52. The molecule has 1 heterocycles. The molecule has 0 spiro atoms. The lowest BCUT2D eigenvalue weighted by atomic mass is 10.2. The maximum Gasteiger partial charge on any atom is 0.257 e. The van der Waals surface area contributed by atoms with Crippen LogP contribution in [0.4, 0.5) is 5.13 Å². The number of aromatic nitrogens is 1. The van der Waals surface area contributed by atoms with Gasteiger partial charge in [-0.2, -0.15) is 0 Å². The standard InChI is InChI=1S/C15H11IN2O3S2/c1-23(20,21)11-6-7-12-13(8-11)22-15(17-12)18-14(19)9-2-4-10(16)5-3-9/h2-8H,1H3,(H,17,18,19). The number of carbonyl (C=O) groups is 1. The molecule has 0 radical (unpaired) electrons. The predicted molar refractivity (Wildman–Crippen MR) is 99.8 cm³/mol. The minimum Gasteiger partial charge on any atom is -0.298 e. The van der Waals surface area contributed by atoms with Gasteiger partial charge in [0, 0.05) is 15.4 Å². The van der Waals surface area contributed by atoms with Crippen LogP contribution >= 0.6 is 33.9 Å². The average Bonchev–Trinajstić information content (AvgIpc) is 2.88. The third-order valence-electron chi connectivity index (χ3n) is 3.11. The second-order valence-electron chi connectivity index (χ2n) is 4.88. The molecule has 118 valence electrons. The molecule has 0 aliphatic rings. The van der Waals surface area contributed by atoms with E-state index in [9.17, 15) is 13.2 Å². The van der Waals surface area contributed by atoms with Gasteiger partial charge in [0.15, 0.2) is 15.0 Å². The molecule has 0 fully saturated rings. The molecule has 8 heteroatoms. The van der Waals surface area contributed by atoms with Crippen LogP contribution in [0.5, 0.6) is 0 Å². The molecule has 0 saturated heterocycles. The molecule has 0 unspecified atom stereocenters. The van der Waals surface area contributed by atoms with Crippen LogP contribution in [0.15, 0.2) is 47.4 Å². The minimum atomic E-state index is -3.26. The first-order valence-corrected chi connectivity index (χ1v) is 10.3. The van der Waals surface area contributed by atoms with Gasteiger partial charge in [0.25, 0.3) is 5.91 Å². The monoisotopic (exact) mass is 458 g/mol. The van der Waals surface area contributed by atoms with E-state index in [4.69, 9.17) is 0 Å². The molecule has 0 saturated carbocycles. The summed E-state index contributed by atoms with van der Waals surface area (Å²) < 4.78 is 24.9. The number of anilines is 1. The lowest BCUT2D eigenvalue weighted by Gasteiger charge is -2.01. The Balaban J connectivity index is 1.89. The van der Waals surface area contributed by atoms with Gasteiger partial charge in [-0.05, 0) is 65.1 Å². The van der Waals surface area contributed by atoms with E-state index in [1.807, 2.05) is 12.1 Å². The fourth-order valence-electron chi connectivity index (χ4n) is 1.96. The summed E-state index contributed by atoms with van der Waals surface area (Å²) in [5.74, 6) is -0.246. The van der Waals surface area contributed by atoms with E-state index in [1.165, 1.54) is 17.4 Å². The van der Waals surface area contributed by atoms with Crippen LogP contribution in [-0.2, 0) is 9.84 Å². The van der Waals surface area contributed by atoms with Gasteiger partial charge < -0.3 is 0 Å². The number of halogens is 1. The number of sulfone groups is 1. The summed E-state index contributed by atoms with van der Waals surface area (Å²) in [6.45, 7) is 0. The summed E-state index contributed by atoms with van der Waals surface area (Å²) in [5, 5.41) is 3.18. The Morgan fingerprint density at radius 1 is 1.17 bits per heavy atom. The van der Waals surface area contributed by atoms with Crippen LogP contribution < -0.4 is 5.32 Å². The molecule has 0 aliphatic carbocycles. The zero-order valence-corrected chi connectivity index (χ0v) is 15.7. The first-order valence-electron chi connectivity index (χ1n) is 6.50. The summed E-state index contributed by atoms with van der Waals surface area (Å²) in [5.41, 5.74) is 1.20. The molecule has 23 heavy (non-hydrogen) atoms. The number of hydrogen-bond acceptors (Lipinski definition) is 5. The zero-order valence-electron chi connectivity index (χ0n) is 11.9. The summed E-state index contributed by atoms with van der Waals surface area (Å²) in [6, 6.07) is 11.9. The van der Waals surface area contributed by atoms with Crippen molar-refractivity contribution < 1.29 is 13.2 Å². The molecular weight excluding hydrogens is 447 g/mol. The smallest absolute Gasteiger partial charge is 0.257 e. The highest BCUT2D eigenvalue weighted by atomic mass is 127. The zero-order chi connectivity index (χ0) is 16.6. The van der Waals surface area contributed by atoms with Gasteiger partial charge >= 0.3 is 0 Å². The van der Waals surface area contributed by atoms with Crippen molar-refractivity contribution in [3.8, 4) is 0 Å². The van der Waals surface area contributed by atoms with Crippen molar-refractivity contribution in [3.63, 3.8) is 0 Å². The quantitative estimate of drug-likeness (QED) is 0.610. The maximum absolute atomic E-state index is 12.2. The molecule has 5 nitrogen and oxygen atoms in total. The molecule has 1 amide bonds. The van der Waals surface area contributed by atoms with Gasteiger partial charge in [-0.3, -0.25) is 10.1 Å². The molecular formula is C15H11IN2O3S2. The minimum absolute atomic E-state index is 0.240. The number of hydrogen-bond donors (Lipinski definition) is 1. The molecule has 0 bridgehead atoms. The van der Waals surface area contributed by atoms with E-state index >= 15 is 0 Å². The van der Waals surface area contributed by atoms with Gasteiger partial charge in [-0.15, -0.1) is 0 Å². The van der Waals surface area contributed by atoms with E-state index in [0.29, 0.717) is 20.9 Å².